The van der Waals surface area contributed by atoms with E-state index in [2.05, 4.69) is 10.3 Å². The summed E-state index contributed by atoms with van der Waals surface area (Å²) in [6.07, 6.45) is 2.13. The third-order valence-electron chi connectivity index (χ3n) is 5.34. The van der Waals surface area contributed by atoms with E-state index < -0.39 is 11.5 Å². The fourth-order valence-corrected chi connectivity index (χ4v) is 3.50. The van der Waals surface area contributed by atoms with Crippen LogP contribution < -0.4 is 10.9 Å². The zero-order chi connectivity index (χ0) is 24.1. The number of carbonyl (C=O) groups excluding carboxylic acids is 2. The van der Waals surface area contributed by atoms with E-state index in [1.165, 1.54) is 28.7 Å². The Labute approximate surface area is 191 Å². The van der Waals surface area contributed by atoms with Crippen LogP contribution in [0.1, 0.15) is 27.0 Å². The summed E-state index contributed by atoms with van der Waals surface area (Å²) in [5.41, 5.74) is 2.40. The number of rotatable bonds is 8. The molecule has 0 atom stereocenters. The lowest BCUT2D eigenvalue weighted by molar-refractivity contribution is -0.129. The zero-order valence-electron chi connectivity index (χ0n) is 19.1. The number of aromatic nitrogens is 2. The Balaban J connectivity index is 2.13. The highest BCUT2D eigenvalue weighted by Crippen LogP contribution is 2.21. The molecule has 0 aliphatic rings. The molecule has 3 aromatic rings. The van der Waals surface area contributed by atoms with Crippen molar-refractivity contribution in [1.29, 1.82) is 0 Å². The summed E-state index contributed by atoms with van der Waals surface area (Å²) in [6, 6.07) is 7.92. The Morgan fingerprint density at radius 2 is 1.88 bits per heavy atom. The predicted octanol–water partition coefficient (Wildman–Crippen LogP) is 1.90. The molecule has 0 saturated heterocycles. The fraction of sp³-hybridized carbons (Fsp3) is 0.333. The van der Waals surface area contributed by atoms with Crippen LogP contribution in [0.3, 0.4) is 0 Å². The lowest BCUT2D eigenvalue weighted by atomic mass is 10.0. The number of methoxy groups -OCH3 is 1. The number of benzene rings is 1. The van der Waals surface area contributed by atoms with Gasteiger partial charge in [0.1, 0.15) is 17.9 Å². The number of fused-ring (bicyclic) bond motifs is 1. The molecule has 0 bridgehead atoms. The summed E-state index contributed by atoms with van der Waals surface area (Å²) >= 11 is 0. The first-order chi connectivity index (χ1) is 15.7. The highest BCUT2D eigenvalue weighted by Gasteiger charge is 2.22. The molecule has 0 radical (unpaired) electrons. The van der Waals surface area contributed by atoms with Crippen LogP contribution in [-0.2, 0) is 22.5 Å². The first kappa shape index (κ1) is 24.1. The van der Waals surface area contributed by atoms with Crippen LogP contribution in [0.2, 0.25) is 0 Å². The number of amides is 2. The van der Waals surface area contributed by atoms with E-state index in [1.54, 1.807) is 45.4 Å². The fourth-order valence-electron chi connectivity index (χ4n) is 3.50. The molecule has 0 unspecified atom stereocenters. The highest BCUT2D eigenvalue weighted by molar-refractivity contribution is 5.99. The van der Waals surface area contributed by atoms with E-state index in [-0.39, 0.29) is 30.4 Å². The number of hydrogen-bond acceptors (Lipinski definition) is 5. The average Bonchev–Trinajstić information content (AvgIpc) is 2.78. The molecule has 0 aliphatic carbocycles. The minimum atomic E-state index is -0.564. The molecule has 1 aromatic carbocycles. The third-order valence-corrected chi connectivity index (χ3v) is 5.34. The van der Waals surface area contributed by atoms with Gasteiger partial charge in [0.05, 0.1) is 17.6 Å². The van der Waals surface area contributed by atoms with Gasteiger partial charge in [-0.25, -0.2) is 4.39 Å². The molecular weight excluding hydrogens is 427 g/mol. The smallest absolute Gasteiger partial charge is 0.264 e. The van der Waals surface area contributed by atoms with E-state index in [0.717, 1.165) is 11.1 Å². The van der Waals surface area contributed by atoms with Gasteiger partial charge in [-0.1, -0.05) is 12.1 Å². The highest BCUT2D eigenvalue weighted by atomic mass is 19.1. The number of pyridine rings is 2. The number of ether oxygens (including phenoxy) is 1. The van der Waals surface area contributed by atoms with Gasteiger partial charge in [-0.2, -0.15) is 0 Å². The van der Waals surface area contributed by atoms with Gasteiger partial charge in [-0.05, 0) is 48.2 Å². The van der Waals surface area contributed by atoms with E-state index in [1.807, 2.05) is 0 Å². The number of likely N-dealkylation sites (N-methyl/N-ethyl adjacent to an activating group) is 1. The number of nitrogens with zero attached hydrogens (tertiary/aromatic N) is 3. The molecule has 2 aromatic heterocycles. The van der Waals surface area contributed by atoms with Gasteiger partial charge in [0.25, 0.3) is 11.5 Å². The molecule has 0 spiro atoms. The van der Waals surface area contributed by atoms with Gasteiger partial charge < -0.3 is 15.0 Å². The Hall–Kier alpha value is -3.59. The quantitative estimate of drug-likeness (QED) is 0.525. The van der Waals surface area contributed by atoms with Crippen molar-refractivity contribution in [3.63, 3.8) is 0 Å². The summed E-state index contributed by atoms with van der Waals surface area (Å²) in [6.45, 7) is 1.98. The first-order valence-electron chi connectivity index (χ1n) is 10.5. The Bertz CT molecular complexity index is 1240. The average molecular weight is 455 g/mol. The third kappa shape index (κ3) is 5.43. The molecule has 33 heavy (non-hydrogen) atoms. The predicted molar refractivity (Wildman–Crippen MR) is 123 cm³/mol. The molecule has 0 saturated carbocycles. The Morgan fingerprint density at radius 1 is 1.18 bits per heavy atom. The molecule has 2 heterocycles. The number of halogens is 1. The van der Waals surface area contributed by atoms with E-state index in [4.69, 9.17) is 4.74 Å². The van der Waals surface area contributed by atoms with E-state index in [0.29, 0.717) is 29.6 Å². The monoisotopic (exact) mass is 454 g/mol. The minimum absolute atomic E-state index is 0.0519. The van der Waals surface area contributed by atoms with Gasteiger partial charge in [0.2, 0.25) is 5.91 Å². The van der Waals surface area contributed by atoms with Gasteiger partial charge >= 0.3 is 0 Å². The molecule has 8 nitrogen and oxygen atoms in total. The van der Waals surface area contributed by atoms with Crippen LogP contribution in [0.15, 0.2) is 41.3 Å². The summed E-state index contributed by atoms with van der Waals surface area (Å²) in [7, 11) is 4.71. The first-order valence-corrected chi connectivity index (χ1v) is 10.5. The van der Waals surface area contributed by atoms with Crippen LogP contribution in [0, 0.1) is 12.7 Å². The van der Waals surface area contributed by atoms with Crippen LogP contribution in [0.4, 0.5) is 4.39 Å². The van der Waals surface area contributed by atoms with Crippen molar-refractivity contribution in [3.05, 3.63) is 75.0 Å². The Kier molecular flexibility index (Phi) is 7.55. The molecule has 9 heteroatoms. The zero-order valence-corrected chi connectivity index (χ0v) is 19.1. The number of carbonyl (C=O) groups is 2. The van der Waals surface area contributed by atoms with E-state index >= 15 is 0 Å². The Morgan fingerprint density at radius 3 is 2.52 bits per heavy atom. The van der Waals surface area contributed by atoms with Crippen molar-refractivity contribution in [3.8, 4) is 0 Å². The molecule has 174 valence electrons. The topological polar surface area (TPSA) is 93.5 Å². The maximum atomic E-state index is 13.4. The maximum absolute atomic E-state index is 13.4. The molecular formula is C24H27FN4O4. The number of hydrogen-bond donors (Lipinski definition) is 1. The minimum Gasteiger partial charge on any atom is -0.383 e. The second-order valence-electron chi connectivity index (χ2n) is 7.94. The van der Waals surface area contributed by atoms with Gasteiger partial charge in [-0.3, -0.25) is 23.9 Å². The second kappa shape index (κ2) is 10.4. The summed E-state index contributed by atoms with van der Waals surface area (Å²) in [5.74, 6) is -1.16. The van der Waals surface area contributed by atoms with Crippen molar-refractivity contribution in [2.45, 2.75) is 19.9 Å². The van der Waals surface area contributed by atoms with Crippen molar-refractivity contribution in [1.82, 2.24) is 19.8 Å². The van der Waals surface area contributed by atoms with Crippen molar-refractivity contribution < 1.29 is 18.7 Å². The van der Waals surface area contributed by atoms with Gasteiger partial charge in [0.15, 0.2) is 0 Å². The molecule has 1 N–H and O–H groups in total. The van der Waals surface area contributed by atoms with Gasteiger partial charge in [0, 0.05) is 33.9 Å². The number of aryl methyl sites for hydroxylation is 1. The SMILES string of the molecule is COCCNC(=O)c1c(C)c2ncc(Cc3ccc(F)cc3)cc2n(CC(=O)N(C)C)c1=O. The molecule has 0 fully saturated rings. The largest absolute Gasteiger partial charge is 0.383 e. The van der Waals surface area contributed by atoms with Crippen LogP contribution in [-0.4, -0.2) is 60.6 Å². The van der Waals surface area contributed by atoms with Crippen LogP contribution in [0.25, 0.3) is 11.0 Å². The normalized spacial score (nSPS) is 10.9. The summed E-state index contributed by atoms with van der Waals surface area (Å²) < 4.78 is 19.5. The molecule has 2 amide bonds. The maximum Gasteiger partial charge on any atom is 0.264 e. The van der Waals surface area contributed by atoms with Crippen LogP contribution in [0.5, 0.6) is 0 Å². The van der Waals surface area contributed by atoms with Crippen LogP contribution >= 0.6 is 0 Å². The van der Waals surface area contributed by atoms with E-state index in [9.17, 15) is 18.8 Å². The van der Waals surface area contributed by atoms with Crippen molar-refractivity contribution in [2.24, 2.45) is 0 Å². The second-order valence-corrected chi connectivity index (χ2v) is 7.94. The summed E-state index contributed by atoms with van der Waals surface area (Å²) in [5, 5.41) is 2.67. The van der Waals surface area contributed by atoms with Gasteiger partial charge in [-0.15, -0.1) is 0 Å². The molecule has 3 rings (SSSR count). The summed E-state index contributed by atoms with van der Waals surface area (Å²) in [4.78, 5) is 44.5. The van der Waals surface area contributed by atoms with Crippen molar-refractivity contribution in [2.75, 3.05) is 34.4 Å². The number of nitrogens with one attached hydrogen (secondary N) is 1. The standard InChI is InChI=1S/C24H27FN4O4/c1-15-21(23(31)26-9-10-33-4)24(32)29(14-20(30)28(2)3)19-12-17(13-27-22(15)19)11-16-5-7-18(25)8-6-16/h5-8,12-13H,9-11,14H2,1-4H3,(H,26,31). The lowest BCUT2D eigenvalue weighted by Crippen LogP contribution is -2.38. The van der Waals surface area contributed by atoms with Crippen molar-refractivity contribution >= 4 is 22.8 Å². The lowest BCUT2D eigenvalue weighted by Gasteiger charge is -2.18. The molecule has 0 aliphatic heterocycles.